The topological polar surface area (TPSA) is 28.3 Å². The summed E-state index contributed by atoms with van der Waals surface area (Å²) in [5.41, 5.74) is 3.61. The molecule has 0 radical (unpaired) electrons. The highest BCUT2D eigenvalue weighted by atomic mass is 35.5. The summed E-state index contributed by atoms with van der Waals surface area (Å²) in [6, 6.07) is 12.2. The Kier molecular flexibility index (Phi) is 5.39. The normalized spacial score (nSPS) is 14.5. The van der Waals surface area contributed by atoms with Crippen LogP contribution in [-0.2, 0) is 13.0 Å². The number of halogens is 2. The van der Waals surface area contributed by atoms with E-state index in [4.69, 9.17) is 27.9 Å². The molecule has 3 aromatic rings. The second-order valence-corrected chi connectivity index (χ2v) is 7.56. The highest BCUT2D eigenvalue weighted by Gasteiger charge is 2.19. The van der Waals surface area contributed by atoms with Crippen molar-refractivity contribution < 1.29 is 4.74 Å². The number of aromatic nitrogens is 1. The summed E-state index contributed by atoms with van der Waals surface area (Å²) in [5.74, 6) is 0.936. The predicted molar refractivity (Wildman–Crippen MR) is 108 cm³/mol. The van der Waals surface area contributed by atoms with E-state index in [0.717, 1.165) is 61.8 Å². The molecule has 0 amide bonds. The maximum Gasteiger partial charge on any atom is 0.143 e. The molecule has 4 rings (SSSR count). The zero-order chi connectivity index (χ0) is 17.9. The van der Waals surface area contributed by atoms with E-state index in [9.17, 15) is 0 Å². The van der Waals surface area contributed by atoms with Gasteiger partial charge in [0.1, 0.15) is 5.75 Å². The third kappa shape index (κ3) is 3.71. The SMILES string of the molecule is Clc1ccc2c(c1Cl)CCN(CCCCOc1cccc3cc[nH]c13)C2. The number of ether oxygens (including phenoxy) is 1. The third-order valence-electron chi connectivity index (χ3n) is 5.04. The maximum atomic E-state index is 6.33. The molecule has 3 nitrogen and oxygen atoms in total. The lowest BCUT2D eigenvalue weighted by molar-refractivity contribution is 0.235. The van der Waals surface area contributed by atoms with Gasteiger partial charge in [-0.2, -0.15) is 0 Å². The average Bonchev–Trinajstić information content (AvgIpc) is 3.14. The molecule has 0 fully saturated rings. The van der Waals surface area contributed by atoms with Crippen molar-refractivity contribution in [2.75, 3.05) is 19.7 Å². The molecule has 1 N–H and O–H groups in total. The lowest BCUT2D eigenvalue weighted by Crippen LogP contribution is -2.31. The van der Waals surface area contributed by atoms with Crippen LogP contribution < -0.4 is 4.74 Å². The molecule has 0 unspecified atom stereocenters. The minimum atomic E-state index is 0.660. The number of hydrogen-bond donors (Lipinski definition) is 1. The first-order chi connectivity index (χ1) is 12.7. The van der Waals surface area contributed by atoms with Crippen molar-refractivity contribution in [3.8, 4) is 5.75 Å². The van der Waals surface area contributed by atoms with Crippen molar-refractivity contribution in [2.24, 2.45) is 0 Å². The van der Waals surface area contributed by atoms with Gasteiger partial charge in [-0.05, 0) is 55.1 Å². The number of nitrogens with one attached hydrogen (secondary N) is 1. The van der Waals surface area contributed by atoms with Crippen molar-refractivity contribution in [3.63, 3.8) is 0 Å². The fourth-order valence-electron chi connectivity index (χ4n) is 3.63. The summed E-state index contributed by atoms with van der Waals surface area (Å²) in [7, 11) is 0. The van der Waals surface area contributed by atoms with Crippen LogP contribution in [0.4, 0.5) is 0 Å². The quantitative estimate of drug-likeness (QED) is 0.549. The van der Waals surface area contributed by atoms with E-state index in [0.29, 0.717) is 5.02 Å². The van der Waals surface area contributed by atoms with E-state index in [2.05, 4.69) is 28.1 Å². The standard InChI is InChI=1S/C21H22Cl2N2O/c22-18-7-6-16-14-25(12-9-17(16)20(18)23)11-1-2-13-26-19-5-3-4-15-8-10-24-21(15)19/h3-8,10,24H,1-2,9,11-14H2. The fourth-order valence-corrected chi connectivity index (χ4v) is 4.08. The molecule has 1 aliphatic rings. The van der Waals surface area contributed by atoms with Gasteiger partial charge < -0.3 is 9.72 Å². The lowest BCUT2D eigenvalue weighted by atomic mass is 9.99. The maximum absolute atomic E-state index is 6.33. The van der Waals surface area contributed by atoms with E-state index in [1.807, 2.05) is 24.4 Å². The van der Waals surface area contributed by atoms with Crippen LogP contribution in [0.15, 0.2) is 42.6 Å². The number of para-hydroxylation sites is 1. The molecule has 0 spiro atoms. The Hall–Kier alpha value is -1.68. The highest BCUT2D eigenvalue weighted by molar-refractivity contribution is 6.42. The van der Waals surface area contributed by atoms with Crippen LogP contribution in [-0.4, -0.2) is 29.6 Å². The highest BCUT2D eigenvalue weighted by Crippen LogP contribution is 2.32. The van der Waals surface area contributed by atoms with Gasteiger partial charge >= 0.3 is 0 Å². The van der Waals surface area contributed by atoms with Crippen molar-refractivity contribution >= 4 is 34.1 Å². The van der Waals surface area contributed by atoms with Crippen molar-refractivity contribution in [1.29, 1.82) is 0 Å². The number of unbranched alkanes of at least 4 members (excludes halogenated alkanes) is 1. The molecule has 26 heavy (non-hydrogen) atoms. The van der Waals surface area contributed by atoms with Crippen LogP contribution in [0.5, 0.6) is 5.75 Å². The third-order valence-corrected chi connectivity index (χ3v) is 5.88. The summed E-state index contributed by atoms with van der Waals surface area (Å²) in [4.78, 5) is 5.73. The van der Waals surface area contributed by atoms with Crippen molar-refractivity contribution in [3.05, 3.63) is 63.8 Å². The Morgan fingerprint density at radius 1 is 1.08 bits per heavy atom. The van der Waals surface area contributed by atoms with Crippen LogP contribution in [0, 0.1) is 0 Å². The van der Waals surface area contributed by atoms with E-state index < -0.39 is 0 Å². The fraction of sp³-hybridized carbons (Fsp3) is 0.333. The number of benzene rings is 2. The molecule has 5 heteroatoms. The zero-order valence-corrected chi connectivity index (χ0v) is 16.1. The van der Waals surface area contributed by atoms with Gasteiger partial charge in [0, 0.05) is 24.7 Å². The van der Waals surface area contributed by atoms with Crippen LogP contribution in [0.1, 0.15) is 24.0 Å². The molecule has 1 aliphatic heterocycles. The molecular formula is C21H22Cl2N2O. The second-order valence-electron chi connectivity index (χ2n) is 6.78. The van der Waals surface area contributed by atoms with Gasteiger partial charge in [0.25, 0.3) is 0 Å². The molecular weight excluding hydrogens is 367 g/mol. The molecule has 0 aliphatic carbocycles. The monoisotopic (exact) mass is 388 g/mol. The van der Waals surface area contributed by atoms with Gasteiger partial charge in [-0.15, -0.1) is 0 Å². The minimum Gasteiger partial charge on any atom is -0.491 e. The Balaban J connectivity index is 1.24. The number of fused-ring (bicyclic) bond motifs is 2. The van der Waals surface area contributed by atoms with Crippen LogP contribution in [0.3, 0.4) is 0 Å². The number of H-pyrrole nitrogens is 1. The van der Waals surface area contributed by atoms with E-state index >= 15 is 0 Å². The Bertz CT molecular complexity index is 906. The number of nitrogens with zero attached hydrogens (tertiary/aromatic N) is 1. The number of rotatable bonds is 6. The van der Waals surface area contributed by atoms with E-state index in [1.165, 1.54) is 16.5 Å². The van der Waals surface area contributed by atoms with Gasteiger partial charge in [0.05, 0.1) is 22.2 Å². The first kappa shape index (κ1) is 17.7. The second kappa shape index (κ2) is 7.91. The first-order valence-corrected chi connectivity index (χ1v) is 9.85. The molecule has 2 heterocycles. The summed E-state index contributed by atoms with van der Waals surface area (Å²) in [6.45, 7) is 3.81. The molecule has 1 aromatic heterocycles. The van der Waals surface area contributed by atoms with Crippen molar-refractivity contribution in [2.45, 2.75) is 25.8 Å². The van der Waals surface area contributed by atoms with Crippen LogP contribution in [0.25, 0.3) is 10.9 Å². The average molecular weight is 389 g/mol. The summed E-state index contributed by atoms with van der Waals surface area (Å²) in [5, 5.41) is 2.58. The Morgan fingerprint density at radius 3 is 2.92 bits per heavy atom. The minimum absolute atomic E-state index is 0.660. The molecule has 136 valence electrons. The molecule has 0 atom stereocenters. The number of aromatic amines is 1. The van der Waals surface area contributed by atoms with Crippen molar-refractivity contribution in [1.82, 2.24) is 9.88 Å². The molecule has 0 bridgehead atoms. The van der Waals surface area contributed by atoms with Crippen LogP contribution in [0.2, 0.25) is 10.0 Å². The molecule has 0 saturated carbocycles. The van der Waals surface area contributed by atoms with Gasteiger partial charge in [0.2, 0.25) is 0 Å². The van der Waals surface area contributed by atoms with E-state index in [1.54, 1.807) is 0 Å². The summed E-state index contributed by atoms with van der Waals surface area (Å²) >= 11 is 12.4. The Labute approximate surface area is 163 Å². The Morgan fingerprint density at radius 2 is 2.00 bits per heavy atom. The van der Waals surface area contributed by atoms with Gasteiger partial charge in [0.15, 0.2) is 0 Å². The summed E-state index contributed by atoms with van der Waals surface area (Å²) in [6.07, 6.45) is 5.09. The van der Waals surface area contributed by atoms with Crippen LogP contribution >= 0.6 is 23.2 Å². The molecule has 0 saturated heterocycles. The molecule has 2 aromatic carbocycles. The lowest BCUT2D eigenvalue weighted by Gasteiger charge is -2.29. The van der Waals surface area contributed by atoms with E-state index in [-0.39, 0.29) is 0 Å². The van der Waals surface area contributed by atoms with Gasteiger partial charge in [-0.1, -0.05) is 41.4 Å². The largest absolute Gasteiger partial charge is 0.491 e. The van der Waals surface area contributed by atoms with Gasteiger partial charge in [-0.25, -0.2) is 0 Å². The number of hydrogen-bond acceptors (Lipinski definition) is 2. The summed E-state index contributed by atoms with van der Waals surface area (Å²) < 4.78 is 5.97. The zero-order valence-electron chi connectivity index (χ0n) is 14.6. The van der Waals surface area contributed by atoms with Gasteiger partial charge in [-0.3, -0.25) is 4.90 Å². The smallest absolute Gasteiger partial charge is 0.143 e. The predicted octanol–water partition coefficient (Wildman–Crippen LogP) is 5.69. The first-order valence-electron chi connectivity index (χ1n) is 9.09.